The standard InChI is InChI=1S/C20H25FN4O2/c1-3-22-13-15-8-10-24(11-9-15)20(27)19-18(26)12-14(2)25(23-19)17-7-5-4-6-16(17)21/h4-7,12,15,22H,3,8-11,13H2,1-2H3. The fourth-order valence-corrected chi connectivity index (χ4v) is 3.40. The number of likely N-dealkylation sites (tertiary alicyclic amines) is 1. The molecule has 27 heavy (non-hydrogen) atoms. The topological polar surface area (TPSA) is 67.2 Å². The Morgan fingerprint density at radius 2 is 2.00 bits per heavy atom. The van der Waals surface area contributed by atoms with Crippen LogP contribution in [0.1, 0.15) is 35.9 Å². The van der Waals surface area contributed by atoms with Crippen LogP contribution < -0.4 is 10.7 Å². The number of halogens is 1. The molecule has 1 N–H and O–H groups in total. The van der Waals surface area contributed by atoms with E-state index in [1.54, 1.807) is 30.0 Å². The number of hydrogen-bond acceptors (Lipinski definition) is 4. The third kappa shape index (κ3) is 4.24. The number of amides is 1. The summed E-state index contributed by atoms with van der Waals surface area (Å²) in [5.41, 5.74) is 0.105. The van der Waals surface area contributed by atoms with Crippen molar-refractivity contribution in [2.45, 2.75) is 26.7 Å². The van der Waals surface area contributed by atoms with E-state index in [1.807, 2.05) is 0 Å². The highest BCUT2D eigenvalue weighted by atomic mass is 19.1. The van der Waals surface area contributed by atoms with E-state index < -0.39 is 11.2 Å². The third-order valence-corrected chi connectivity index (χ3v) is 4.98. The summed E-state index contributed by atoms with van der Waals surface area (Å²) in [4.78, 5) is 26.9. The van der Waals surface area contributed by atoms with Gasteiger partial charge in [0, 0.05) is 24.8 Å². The van der Waals surface area contributed by atoms with Crippen molar-refractivity contribution in [2.24, 2.45) is 5.92 Å². The first kappa shape index (κ1) is 19.2. The molecule has 1 aromatic carbocycles. The molecule has 0 unspecified atom stereocenters. The summed E-state index contributed by atoms with van der Waals surface area (Å²) in [6.45, 7) is 6.82. The van der Waals surface area contributed by atoms with E-state index in [1.165, 1.54) is 16.8 Å². The van der Waals surface area contributed by atoms with E-state index in [0.29, 0.717) is 24.7 Å². The van der Waals surface area contributed by atoms with Crippen LogP contribution >= 0.6 is 0 Å². The minimum atomic E-state index is -0.459. The second-order valence-corrected chi connectivity index (χ2v) is 6.91. The predicted octanol–water partition coefficient (Wildman–Crippen LogP) is 2.14. The average Bonchev–Trinajstić information content (AvgIpc) is 2.67. The number of aryl methyl sites for hydroxylation is 1. The van der Waals surface area contributed by atoms with Crippen molar-refractivity contribution in [1.82, 2.24) is 20.0 Å². The van der Waals surface area contributed by atoms with Crippen LogP contribution in [0.5, 0.6) is 0 Å². The first-order valence-corrected chi connectivity index (χ1v) is 9.37. The quantitative estimate of drug-likeness (QED) is 0.873. The average molecular weight is 372 g/mol. The molecular weight excluding hydrogens is 347 g/mol. The zero-order chi connectivity index (χ0) is 19.4. The third-order valence-electron chi connectivity index (χ3n) is 4.98. The van der Waals surface area contributed by atoms with Crippen molar-refractivity contribution in [3.8, 4) is 5.69 Å². The zero-order valence-corrected chi connectivity index (χ0v) is 15.7. The van der Waals surface area contributed by atoms with E-state index >= 15 is 0 Å². The lowest BCUT2D eigenvalue weighted by atomic mass is 9.96. The number of benzene rings is 1. The van der Waals surface area contributed by atoms with E-state index in [9.17, 15) is 14.0 Å². The summed E-state index contributed by atoms with van der Waals surface area (Å²) in [7, 11) is 0. The molecule has 144 valence electrons. The Morgan fingerprint density at radius 3 is 2.67 bits per heavy atom. The van der Waals surface area contributed by atoms with Crippen LogP contribution in [0.3, 0.4) is 0 Å². The molecule has 6 nitrogen and oxygen atoms in total. The van der Waals surface area contributed by atoms with Crippen molar-refractivity contribution in [2.75, 3.05) is 26.2 Å². The smallest absolute Gasteiger partial charge is 0.278 e. The van der Waals surface area contributed by atoms with Crippen molar-refractivity contribution in [3.05, 3.63) is 57.8 Å². The minimum absolute atomic E-state index is 0.158. The Balaban J connectivity index is 1.83. The fraction of sp³-hybridized carbons (Fsp3) is 0.450. The number of nitrogens with one attached hydrogen (secondary N) is 1. The molecule has 0 bridgehead atoms. The van der Waals surface area contributed by atoms with E-state index in [4.69, 9.17) is 0 Å². The van der Waals surface area contributed by atoms with Crippen LogP contribution in [0.15, 0.2) is 35.1 Å². The van der Waals surface area contributed by atoms with Gasteiger partial charge in [-0.05, 0) is 50.9 Å². The fourth-order valence-electron chi connectivity index (χ4n) is 3.40. The van der Waals surface area contributed by atoms with E-state index in [2.05, 4.69) is 17.3 Å². The first-order valence-electron chi connectivity index (χ1n) is 9.37. The van der Waals surface area contributed by atoms with Gasteiger partial charge < -0.3 is 10.2 Å². The number of aromatic nitrogens is 2. The minimum Gasteiger partial charge on any atom is -0.337 e. The molecule has 0 aliphatic carbocycles. The number of hydrogen-bond donors (Lipinski definition) is 1. The van der Waals surface area contributed by atoms with Gasteiger partial charge >= 0.3 is 0 Å². The first-order chi connectivity index (χ1) is 13.0. The summed E-state index contributed by atoms with van der Waals surface area (Å²) in [6, 6.07) is 7.50. The molecule has 3 rings (SSSR count). The molecule has 0 saturated carbocycles. The summed E-state index contributed by atoms with van der Waals surface area (Å²) in [6.07, 6.45) is 1.79. The summed E-state index contributed by atoms with van der Waals surface area (Å²) >= 11 is 0. The van der Waals surface area contributed by atoms with Gasteiger partial charge in [-0.15, -0.1) is 0 Å². The number of nitrogens with zero attached hydrogens (tertiary/aromatic N) is 3. The van der Waals surface area contributed by atoms with Crippen molar-refractivity contribution in [3.63, 3.8) is 0 Å². The Labute approximate surface area is 158 Å². The molecule has 0 radical (unpaired) electrons. The Kier molecular flexibility index (Phi) is 6.01. The maximum Gasteiger partial charge on any atom is 0.278 e. The van der Waals surface area contributed by atoms with Gasteiger partial charge in [-0.25, -0.2) is 9.07 Å². The van der Waals surface area contributed by atoms with Crippen molar-refractivity contribution in [1.29, 1.82) is 0 Å². The summed E-state index contributed by atoms with van der Waals surface area (Å²) in [5.74, 6) is -0.304. The van der Waals surface area contributed by atoms with E-state index in [-0.39, 0.29) is 17.3 Å². The highest BCUT2D eigenvalue weighted by Gasteiger charge is 2.26. The van der Waals surface area contributed by atoms with Gasteiger partial charge in [-0.2, -0.15) is 5.10 Å². The normalized spacial score (nSPS) is 15.1. The van der Waals surface area contributed by atoms with E-state index in [0.717, 1.165) is 25.9 Å². The SMILES string of the molecule is CCNCC1CCN(C(=O)c2nn(-c3ccccc3F)c(C)cc2=O)CC1. The molecule has 0 atom stereocenters. The number of rotatable bonds is 5. The van der Waals surface area contributed by atoms with Gasteiger partial charge in [0.25, 0.3) is 5.91 Å². The number of carbonyl (C=O) groups excluding carboxylic acids is 1. The highest BCUT2D eigenvalue weighted by molar-refractivity contribution is 5.92. The van der Waals surface area contributed by atoms with Gasteiger partial charge in [-0.1, -0.05) is 19.1 Å². The molecule has 1 saturated heterocycles. The van der Waals surface area contributed by atoms with Gasteiger partial charge in [-0.3, -0.25) is 9.59 Å². The second kappa shape index (κ2) is 8.43. The van der Waals surface area contributed by atoms with Gasteiger partial charge in [0.1, 0.15) is 11.5 Å². The van der Waals surface area contributed by atoms with Gasteiger partial charge in [0.05, 0.1) is 0 Å². The molecule has 2 aromatic rings. The summed E-state index contributed by atoms with van der Waals surface area (Å²) in [5, 5.41) is 7.54. The Morgan fingerprint density at radius 1 is 1.30 bits per heavy atom. The summed E-state index contributed by atoms with van der Waals surface area (Å²) < 4.78 is 15.5. The van der Waals surface area contributed by atoms with Crippen LogP contribution in [0.25, 0.3) is 5.69 Å². The van der Waals surface area contributed by atoms with Crippen LogP contribution in [-0.2, 0) is 0 Å². The van der Waals surface area contributed by atoms with Crippen LogP contribution in [-0.4, -0.2) is 46.8 Å². The van der Waals surface area contributed by atoms with Gasteiger partial charge in [0.2, 0.25) is 5.43 Å². The lowest BCUT2D eigenvalue weighted by Crippen LogP contribution is -2.43. The molecule has 2 heterocycles. The molecule has 1 amide bonds. The van der Waals surface area contributed by atoms with Crippen LogP contribution in [0.4, 0.5) is 4.39 Å². The Hall–Kier alpha value is -2.54. The number of para-hydroxylation sites is 1. The molecule has 1 aromatic heterocycles. The molecule has 7 heteroatoms. The zero-order valence-electron chi connectivity index (χ0n) is 15.7. The predicted molar refractivity (Wildman–Crippen MR) is 102 cm³/mol. The lowest BCUT2D eigenvalue weighted by molar-refractivity contribution is 0.0681. The lowest BCUT2D eigenvalue weighted by Gasteiger charge is -2.31. The molecule has 1 aliphatic rings. The van der Waals surface area contributed by atoms with Crippen LogP contribution in [0.2, 0.25) is 0 Å². The number of piperidine rings is 1. The Bertz CT molecular complexity index is 873. The van der Waals surface area contributed by atoms with Gasteiger partial charge in [0.15, 0.2) is 5.69 Å². The maximum atomic E-state index is 14.1. The molecule has 0 spiro atoms. The second-order valence-electron chi connectivity index (χ2n) is 6.91. The van der Waals surface area contributed by atoms with Crippen molar-refractivity contribution < 1.29 is 9.18 Å². The molecule has 1 fully saturated rings. The molecular formula is C20H25FN4O2. The monoisotopic (exact) mass is 372 g/mol. The number of carbonyl (C=O) groups is 1. The molecule has 1 aliphatic heterocycles. The van der Waals surface area contributed by atoms with Crippen molar-refractivity contribution >= 4 is 5.91 Å². The maximum absolute atomic E-state index is 14.1. The largest absolute Gasteiger partial charge is 0.337 e. The highest BCUT2D eigenvalue weighted by Crippen LogP contribution is 2.18. The van der Waals surface area contributed by atoms with Crippen LogP contribution in [0, 0.1) is 18.7 Å².